The molecule has 1 aliphatic carbocycles. The molecule has 0 bridgehead atoms. The van der Waals surface area contributed by atoms with Crippen molar-refractivity contribution in [3.05, 3.63) is 22.4 Å². The molecular formula is C14H20N2OS. The molecule has 4 heteroatoms. The topological polar surface area (TPSA) is 41.1 Å². The predicted molar refractivity (Wildman–Crippen MR) is 73.4 cm³/mol. The van der Waals surface area contributed by atoms with E-state index in [0.717, 1.165) is 19.5 Å². The number of rotatable bonds is 3. The van der Waals surface area contributed by atoms with Crippen LogP contribution in [0.2, 0.25) is 0 Å². The molecule has 0 unspecified atom stereocenters. The van der Waals surface area contributed by atoms with E-state index in [-0.39, 0.29) is 11.3 Å². The summed E-state index contributed by atoms with van der Waals surface area (Å²) in [5.41, 5.74) is -0.116. The van der Waals surface area contributed by atoms with Crippen LogP contribution < -0.4 is 10.6 Å². The van der Waals surface area contributed by atoms with Gasteiger partial charge in [-0.05, 0) is 36.8 Å². The summed E-state index contributed by atoms with van der Waals surface area (Å²) in [6, 6.07) is 4.11. The maximum absolute atomic E-state index is 12.6. The summed E-state index contributed by atoms with van der Waals surface area (Å²) < 4.78 is 0. The lowest BCUT2D eigenvalue weighted by atomic mass is 9.67. The van der Waals surface area contributed by atoms with E-state index in [1.165, 1.54) is 24.1 Å². The Morgan fingerprint density at radius 3 is 3.33 bits per heavy atom. The van der Waals surface area contributed by atoms with Crippen LogP contribution >= 0.6 is 11.3 Å². The Balaban J connectivity index is 1.66. The second kappa shape index (κ2) is 5.02. The van der Waals surface area contributed by atoms with Crippen LogP contribution in [0.1, 0.15) is 30.6 Å². The van der Waals surface area contributed by atoms with Crippen molar-refractivity contribution >= 4 is 17.2 Å². The van der Waals surface area contributed by atoms with Crippen LogP contribution in [0, 0.1) is 11.3 Å². The first-order valence-corrected chi connectivity index (χ1v) is 7.71. The molecule has 1 amide bonds. The lowest BCUT2D eigenvalue weighted by Crippen LogP contribution is -2.47. The van der Waals surface area contributed by atoms with Crippen LogP contribution in [-0.4, -0.2) is 19.0 Å². The van der Waals surface area contributed by atoms with Crippen LogP contribution in [0.15, 0.2) is 17.5 Å². The van der Waals surface area contributed by atoms with E-state index in [1.807, 2.05) is 6.07 Å². The Morgan fingerprint density at radius 1 is 1.56 bits per heavy atom. The number of amides is 1. The molecule has 2 fully saturated rings. The van der Waals surface area contributed by atoms with Crippen LogP contribution in [0.25, 0.3) is 0 Å². The summed E-state index contributed by atoms with van der Waals surface area (Å²) in [5, 5.41) is 8.63. The molecule has 3 rings (SSSR count). The molecule has 1 aromatic rings. The Hall–Kier alpha value is -0.870. The van der Waals surface area contributed by atoms with Gasteiger partial charge in [-0.25, -0.2) is 0 Å². The third-order valence-electron chi connectivity index (χ3n) is 4.49. The Kier molecular flexibility index (Phi) is 3.39. The standard InChI is InChI=1S/C14H20N2OS/c17-13(16-9-12-5-3-7-18-12)14-6-2-1-4-11(14)8-15-10-14/h3,5,7,11,15H,1-2,4,6,8-10H2,(H,16,17)/t11-,14+/m0/s1. The Morgan fingerprint density at radius 2 is 2.50 bits per heavy atom. The summed E-state index contributed by atoms with van der Waals surface area (Å²) in [6.45, 7) is 2.57. The fraction of sp³-hybridized carbons (Fsp3) is 0.643. The smallest absolute Gasteiger partial charge is 0.228 e. The van der Waals surface area contributed by atoms with Crippen molar-refractivity contribution in [2.45, 2.75) is 32.2 Å². The molecule has 0 aromatic carbocycles. The summed E-state index contributed by atoms with van der Waals surface area (Å²) in [7, 11) is 0. The molecule has 0 radical (unpaired) electrons. The zero-order valence-corrected chi connectivity index (χ0v) is 11.4. The van der Waals surface area contributed by atoms with Crippen LogP contribution in [-0.2, 0) is 11.3 Å². The van der Waals surface area contributed by atoms with Gasteiger partial charge >= 0.3 is 0 Å². The second-order valence-electron chi connectivity index (χ2n) is 5.49. The van der Waals surface area contributed by atoms with Gasteiger partial charge in [-0.15, -0.1) is 11.3 Å². The molecule has 2 atom stereocenters. The highest BCUT2D eigenvalue weighted by molar-refractivity contribution is 7.09. The lowest BCUT2D eigenvalue weighted by molar-refractivity contribution is -0.134. The summed E-state index contributed by atoms with van der Waals surface area (Å²) in [6.07, 6.45) is 4.75. The van der Waals surface area contributed by atoms with Crippen molar-refractivity contribution in [1.82, 2.24) is 10.6 Å². The van der Waals surface area contributed by atoms with Gasteiger partial charge in [-0.3, -0.25) is 4.79 Å². The molecule has 1 saturated carbocycles. The van der Waals surface area contributed by atoms with E-state index >= 15 is 0 Å². The maximum Gasteiger partial charge on any atom is 0.228 e. The molecular weight excluding hydrogens is 244 g/mol. The first kappa shape index (κ1) is 12.2. The minimum atomic E-state index is -0.116. The van der Waals surface area contributed by atoms with Crippen molar-refractivity contribution in [1.29, 1.82) is 0 Å². The number of hydrogen-bond donors (Lipinski definition) is 2. The highest BCUT2D eigenvalue weighted by Crippen LogP contribution is 2.43. The Bertz CT molecular complexity index is 417. The largest absolute Gasteiger partial charge is 0.351 e. The number of hydrogen-bond acceptors (Lipinski definition) is 3. The Labute approximate surface area is 112 Å². The van der Waals surface area contributed by atoms with Gasteiger partial charge in [0.15, 0.2) is 0 Å². The second-order valence-corrected chi connectivity index (χ2v) is 6.52. The fourth-order valence-corrected chi connectivity index (χ4v) is 4.09. The van der Waals surface area contributed by atoms with Crippen molar-refractivity contribution in [3.8, 4) is 0 Å². The highest BCUT2D eigenvalue weighted by Gasteiger charge is 2.49. The van der Waals surface area contributed by atoms with Gasteiger partial charge in [0.05, 0.1) is 12.0 Å². The third-order valence-corrected chi connectivity index (χ3v) is 5.37. The van der Waals surface area contributed by atoms with Gasteiger partial charge in [0.2, 0.25) is 5.91 Å². The summed E-state index contributed by atoms with van der Waals surface area (Å²) in [5.74, 6) is 0.820. The number of carbonyl (C=O) groups excluding carboxylic acids is 1. The summed E-state index contributed by atoms with van der Waals surface area (Å²) >= 11 is 1.70. The van der Waals surface area contributed by atoms with Crippen molar-refractivity contribution in [3.63, 3.8) is 0 Å². The number of nitrogens with one attached hydrogen (secondary N) is 2. The van der Waals surface area contributed by atoms with Gasteiger partial charge in [0.25, 0.3) is 0 Å². The van der Waals surface area contributed by atoms with E-state index in [2.05, 4.69) is 22.1 Å². The zero-order valence-electron chi connectivity index (χ0n) is 10.6. The molecule has 1 saturated heterocycles. The van der Waals surface area contributed by atoms with Crippen LogP contribution in [0.4, 0.5) is 0 Å². The van der Waals surface area contributed by atoms with Gasteiger partial charge in [-0.1, -0.05) is 18.9 Å². The molecule has 98 valence electrons. The molecule has 2 N–H and O–H groups in total. The van der Waals surface area contributed by atoms with E-state index in [4.69, 9.17) is 0 Å². The van der Waals surface area contributed by atoms with E-state index < -0.39 is 0 Å². The predicted octanol–water partition coefficient (Wildman–Crippen LogP) is 2.14. The number of fused-ring (bicyclic) bond motifs is 1. The molecule has 0 spiro atoms. The average molecular weight is 264 g/mol. The van der Waals surface area contributed by atoms with E-state index in [9.17, 15) is 4.79 Å². The number of thiophene rings is 1. The first-order chi connectivity index (χ1) is 8.81. The SMILES string of the molecule is O=C(NCc1cccs1)[C@@]12CCCC[C@H]1CNC2. The summed E-state index contributed by atoms with van der Waals surface area (Å²) in [4.78, 5) is 13.8. The molecule has 2 heterocycles. The van der Waals surface area contributed by atoms with Crippen molar-refractivity contribution in [2.24, 2.45) is 11.3 Å². The fourth-order valence-electron chi connectivity index (χ4n) is 3.45. The minimum absolute atomic E-state index is 0.116. The molecule has 1 aromatic heterocycles. The van der Waals surface area contributed by atoms with Gasteiger partial charge in [-0.2, -0.15) is 0 Å². The van der Waals surface area contributed by atoms with Crippen molar-refractivity contribution < 1.29 is 4.79 Å². The highest BCUT2D eigenvalue weighted by atomic mass is 32.1. The zero-order chi connectivity index (χ0) is 12.4. The third kappa shape index (κ3) is 2.08. The first-order valence-electron chi connectivity index (χ1n) is 6.83. The van der Waals surface area contributed by atoms with Gasteiger partial charge < -0.3 is 10.6 Å². The van der Waals surface area contributed by atoms with Gasteiger partial charge in [0.1, 0.15) is 0 Å². The van der Waals surface area contributed by atoms with Crippen LogP contribution in [0.3, 0.4) is 0 Å². The monoisotopic (exact) mass is 264 g/mol. The molecule has 1 aliphatic heterocycles. The molecule has 3 nitrogen and oxygen atoms in total. The maximum atomic E-state index is 12.6. The average Bonchev–Trinajstić information content (AvgIpc) is 3.05. The lowest BCUT2D eigenvalue weighted by Gasteiger charge is -2.37. The normalized spacial score (nSPS) is 31.0. The molecule has 2 aliphatic rings. The van der Waals surface area contributed by atoms with E-state index in [0.29, 0.717) is 12.5 Å². The van der Waals surface area contributed by atoms with E-state index in [1.54, 1.807) is 11.3 Å². The molecule has 18 heavy (non-hydrogen) atoms. The van der Waals surface area contributed by atoms with Crippen molar-refractivity contribution in [2.75, 3.05) is 13.1 Å². The minimum Gasteiger partial charge on any atom is -0.351 e. The van der Waals surface area contributed by atoms with Crippen LogP contribution in [0.5, 0.6) is 0 Å². The number of carbonyl (C=O) groups is 1. The van der Waals surface area contributed by atoms with Gasteiger partial charge in [0, 0.05) is 11.4 Å². The quantitative estimate of drug-likeness (QED) is 0.878.